The summed E-state index contributed by atoms with van der Waals surface area (Å²) in [6, 6.07) is 0. The molecule has 2 unspecified atom stereocenters. The van der Waals surface area contributed by atoms with Crippen LogP contribution >= 0.6 is 0 Å². The number of carbonyl (C=O) groups excluding carboxylic acids is 2. The third-order valence-corrected chi connectivity index (χ3v) is 6.52. The Morgan fingerprint density at radius 1 is 0.750 bits per heavy atom. The van der Waals surface area contributed by atoms with Crippen molar-refractivity contribution in [2.45, 2.75) is 129 Å². The van der Waals surface area contributed by atoms with Crippen LogP contribution < -0.4 is 34.7 Å². The van der Waals surface area contributed by atoms with Crippen LogP contribution in [0.25, 0.3) is 0 Å². The molecule has 0 aromatic heterocycles. The van der Waals surface area contributed by atoms with Gasteiger partial charge in [0.2, 0.25) is 0 Å². The van der Waals surface area contributed by atoms with Crippen molar-refractivity contribution in [3.05, 3.63) is 12.2 Å². The van der Waals surface area contributed by atoms with Gasteiger partial charge >= 0.3 is 35.5 Å². The molecule has 4 nitrogen and oxygen atoms in total. The second-order valence-electron chi connectivity index (χ2n) is 9.28. The van der Waals surface area contributed by atoms with Gasteiger partial charge in [0, 0.05) is 11.9 Å². The summed E-state index contributed by atoms with van der Waals surface area (Å²) < 4.78 is 5.33. The molecule has 1 aliphatic rings. The van der Waals surface area contributed by atoms with Crippen LogP contribution in [-0.4, -0.2) is 18.5 Å². The van der Waals surface area contributed by atoms with E-state index in [1.807, 2.05) is 0 Å². The van der Waals surface area contributed by atoms with E-state index in [1.165, 1.54) is 70.6 Å². The van der Waals surface area contributed by atoms with Crippen LogP contribution in [0.1, 0.15) is 129 Å². The number of allylic oxidation sites excluding steroid dienone is 2. The topological polar surface area (TPSA) is 66.4 Å². The van der Waals surface area contributed by atoms with Crippen LogP contribution in [0.2, 0.25) is 0 Å². The molecule has 0 aliphatic heterocycles. The Hall–Kier alpha value is -0.320. The van der Waals surface area contributed by atoms with Gasteiger partial charge in [-0.05, 0) is 44.9 Å². The predicted molar refractivity (Wildman–Crippen MR) is 125 cm³/mol. The Morgan fingerprint density at radius 2 is 1.22 bits per heavy atom. The zero-order chi connectivity index (χ0) is 22.6. The van der Waals surface area contributed by atoms with Crippen LogP contribution in [0.3, 0.4) is 0 Å². The molecule has 5 heteroatoms. The Balaban J connectivity index is 0.00000961. The Morgan fingerprint density at radius 3 is 1.75 bits per heavy atom. The summed E-state index contributed by atoms with van der Waals surface area (Å²) in [6.45, 7) is 2.66. The number of carboxylic acids is 1. The van der Waals surface area contributed by atoms with E-state index in [2.05, 4.69) is 19.1 Å². The first kappa shape index (κ1) is 31.7. The number of hydrogen-bond donors (Lipinski definition) is 0. The number of carbonyl (C=O) groups is 2. The molecule has 0 aromatic carbocycles. The van der Waals surface area contributed by atoms with Crippen LogP contribution in [0.15, 0.2) is 12.2 Å². The number of ether oxygens (including phenoxy) is 1. The number of aliphatic carboxylic acids is 1. The molecule has 0 aromatic rings. The smallest absolute Gasteiger partial charge is 0.550 e. The van der Waals surface area contributed by atoms with Crippen molar-refractivity contribution in [1.82, 2.24) is 0 Å². The molecule has 0 radical (unpaired) electrons. The molecule has 0 heterocycles. The summed E-state index contributed by atoms with van der Waals surface area (Å²) >= 11 is 0. The molecule has 2 atom stereocenters. The number of unbranched alkanes of at least 4 members (excludes halogenated alkanes) is 13. The fraction of sp³-hybridized carbons (Fsp3) is 0.852. The fourth-order valence-corrected chi connectivity index (χ4v) is 4.50. The third kappa shape index (κ3) is 16.3. The number of rotatable bonds is 19. The zero-order valence-electron chi connectivity index (χ0n) is 21.1. The Kier molecular flexibility index (Phi) is 22.2. The normalized spacial score (nSPS) is 18.4. The first-order chi connectivity index (χ1) is 15.2. The van der Waals surface area contributed by atoms with Gasteiger partial charge in [-0.25, -0.2) is 0 Å². The standard InChI is InChI=1S/C27H48O4.Na/c1-2-3-4-5-6-7-8-9-10-11-12-13-14-15-16-17-20-23-31-27(30)25-22-19-18-21-24(25)26(28)29;/h14-15,24-25H,2-13,16-23H2,1H3,(H,28,29);/q;+1/p-1/b15-14+;. The Bertz CT molecular complexity index is 492. The van der Waals surface area contributed by atoms with E-state index < -0.39 is 17.8 Å². The molecule has 1 fully saturated rings. The summed E-state index contributed by atoms with van der Waals surface area (Å²) in [6.07, 6.45) is 26.6. The van der Waals surface area contributed by atoms with Gasteiger partial charge in [0.1, 0.15) is 0 Å². The molecule has 180 valence electrons. The first-order valence-corrected chi connectivity index (χ1v) is 13.2. The molecular formula is C27H47NaO4. The number of esters is 1. The quantitative estimate of drug-likeness (QED) is 0.129. The minimum absolute atomic E-state index is 0. The average molecular weight is 459 g/mol. The molecule has 0 bridgehead atoms. The molecule has 0 spiro atoms. The first-order valence-electron chi connectivity index (χ1n) is 13.2. The number of hydrogen-bond acceptors (Lipinski definition) is 4. The predicted octanol–water partition coefficient (Wildman–Crippen LogP) is 3.52. The molecule has 0 amide bonds. The SMILES string of the molecule is CCCCCCCCCCCCC/C=C/CCCCOC(=O)C1CCCCC1C(=O)[O-].[Na+]. The third-order valence-electron chi connectivity index (χ3n) is 6.52. The van der Waals surface area contributed by atoms with Crippen molar-refractivity contribution in [1.29, 1.82) is 0 Å². The van der Waals surface area contributed by atoms with Gasteiger partial charge in [-0.3, -0.25) is 4.79 Å². The van der Waals surface area contributed by atoms with Gasteiger partial charge in [0.15, 0.2) is 0 Å². The van der Waals surface area contributed by atoms with E-state index >= 15 is 0 Å². The summed E-state index contributed by atoms with van der Waals surface area (Å²) in [5, 5.41) is 11.2. The second kappa shape index (κ2) is 22.5. The fourth-order valence-electron chi connectivity index (χ4n) is 4.50. The maximum Gasteiger partial charge on any atom is 1.00 e. The molecule has 32 heavy (non-hydrogen) atoms. The van der Waals surface area contributed by atoms with Gasteiger partial charge in [-0.2, -0.15) is 0 Å². The monoisotopic (exact) mass is 458 g/mol. The maximum absolute atomic E-state index is 12.2. The Labute approximate surface area is 219 Å². The van der Waals surface area contributed by atoms with Crippen LogP contribution in [-0.2, 0) is 14.3 Å². The largest absolute Gasteiger partial charge is 1.00 e. The second-order valence-corrected chi connectivity index (χ2v) is 9.28. The van der Waals surface area contributed by atoms with Gasteiger partial charge in [-0.15, -0.1) is 0 Å². The summed E-state index contributed by atoms with van der Waals surface area (Å²) in [7, 11) is 0. The zero-order valence-corrected chi connectivity index (χ0v) is 23.1. The van der Waals surface area contributed by atoms with E-state index in [0.29, 0.717) is 19.4 Å². The molecular weight excluding hydrogens is 411 g/mol. The van der Waals surface area contributed by atoms with Crippen LogP contribution in [0, 0.1) is 11.8 Å². The van der Waals surface area contributed by atoms with Gasteiger partial charge in [0.25, 0.3) is 0 Å². The van der Waals surface area contributed by atoms with E-state index in [0.717, 1.165) is 38.5 Å². The molecule has 1 aliphatic carbocycles. The van der Waals surface area contributed by atoms with Gasteiger partial charge < -0.3 is 14.6 Å². The van der Waals surface area contributed by atoms with E-state index in [4.69, 9.17) is 4.74 Å². The van der Waals surface area contributed by atoms with Crippen LogP contribution in [0.4, 0.5) is 0 Å². The van der Waals surface area contributed by atoms with E-state index in [-0.39, 0.29) is 35.5 Å². The number of carboxylic acid groups (broad SMARTS) is 1. The minimum atomic E-state index is -1.11. The van der Waals surface area contributed by atoms with Gasteiger partial charge in [0.05, 0.1) is 12.5 Å². The minimum Gasteiger partial charge on any atom is -0.550 e. The van der Waals surface area contributed by atoms with E-state index in [9.17, 15) is 14.7 Å². The molecule has 0 N–H and O–H groups in total. The van der Waals surface area contributed by atoms with Crippen molar-refractivity contribution in [2.24, 2.45) is 11.8 Å². The van der Waals surface area contributed by atoms with Crippen molar-refractivity contribution < 1.29 is 49.0 Å². The average Bonchev–Trinajstić information content (AvgIpc) is 2.78. The molecule has 1 saturated carbocycles. The van der Waals surface area contributed by atoms with Crippen molar-refractivity contribution in [2.75, 3.05) is 6.61 Å². The summed E-state index contributed by atoms with van der Waals surface area (Å²) in [5.41, 5.74) is 0. The van der Waals surface area contributed by atoms with Crippen molar-refractivity contribution in [3.8, 4) is 0 Å². The summed E-state index contributed by atoms with van der Waals surface area (Å²) in [4.78, 5) is 23.3. The van der Waals surface area contributed by atoms with Crippen molar-refractivity contribution in [3.63, 3.8) is 0 Å². The van der Waals surface area contributed by atoms with Gasteiger partial charge in [-0.1, -0.05) is 96.1 Å². The van der Waals surface area contributed by atoms with E-state index in [1.54, 1.807) is 0 Å². The van der Waals surface area contributed by atoms with Crippen LogP contribution in [0.5, 0.6) is 0 Å². The van der Waals surface area contributed by atoms with Crippen molar-refractivity contribution >= 4 is 11.9 Å². The molecule has 0 saturated heterocycles. The summed E-state index contributed by atoms with van der Waals surface area (Å²) in [5.74, 6) is -2.63. The maximum atomic E-state index is 12.2. The molecule has 1 rings (SSSR count).